The van der Waals surface area contributed by atoms with E-state index < -0.39 is 6.10 Å². The number of benzene rings is 1. The smallest absolute Gasteiger partial charge is 0.162 e. The number of aliphatic hydroxyl groups is 1. The van der Waals surface area contributed by atoms with E-state index in [0.717, 1.165) is 16.5 Å². The summed E-state index contributed by atoms with van der Waals surface area (Å²) < 4.78 is 6.89. The van der Waals surface area contributed by atoms with E-state index in [4.69, 9.17) is 4.74 Å². The lowest BCUT2D eigenvalue weighted by atomic mass is 10.0. The molecule has 20 heavy (non-hydrogen) atoms. The van der Waals surface area contributed by atoms with E-state index in [1.165, 1.54) is 0 Å². The predicted molar refractivity (Wildman–Crippen MR) is 75.6 cm³/mol. The fraction of sp³-hybridized carbons (Fsp3) is 0.200. The van der Waals surface area contributed by atoms with Crippen molar-refractivity contribution in [1.29, 1.82) is 0 Å². The first-order valence-electron chi connectivity index (χ1n) is 6.30. The number of aromatic nitrogens is 3. The van der Waals surface area contributed by atoms with Gasteiger partial charge in [0.2, 0.25) is 0 Å². The second kappa shape index (κ2) is 4.94. The van der Waals surface area contributed by atoms with Crippen LogP contribution in [0, 0.1) is 0 Å². The second-order valence-corrected chi connectivity index (χ2v) is 4.54. The van der Waals surface area contributed by atoms with Crippen molar-refractivity contribution in [3.05, 3.63) is 54.0 Å². The number of pyridine rings is 1. The van der Waals surface area contributed by atoms with Gasteiger partial charge in [0.25, 0.3) is 0 Å². The molecule has 2 aromatic heterocycles. The van der Waals surface area contributed by atoms with Crippen LogP contribution in [0.15, 0.2) is 42.7 Å². The van der Waals surface area contributed by atoms with Gasteiger partial charge < -0.3 is 9.84 Å². The molecule has 0 saturated heterocycles. The Bertz CT molecular complexity index is 746. The summed E-state index contributed by atoms with van der Waals surface area (Å²) in [6.07, 6.45) is 2.48. The molecule has 102 valence electrons. The predicted octanol–water partition coefficient (Wildman–Crippen LogP) is 2.06. The summed E-state index contributed by atoms with van der Waals surface area (Å²) >= 11 is 0. The maximum absolute atomic E-state index is 10.7. The van der Waals surface area contributed by atoms with Gasteiger partial charge in [0, 0.05) is 18.6 Å². The van der Waals surface area contributed by atoms with Crippen molar-refractivity contribution in [2.75, 3.05) is 7.11 Å². The summed E-state index contributed by atoms with van der Waals surface area (Å²) in [4.78, 5) is 4.31. The monoisotopic (exact) mass is 269 g/mol. The molecule has 0 fully saturated rings. The lowest BCUT2D eigenvalue weighted by Crippen LogP contribution is -2.08. The van der Waals surface area contributed by atoms with E-state index in [-0.39, 0.29) is 0 Å². The Balaban J connectivity index is 2.17. The molecule has 0 radical (unpaired) electrons. The Morgan fingerprint density at radius 1 is 1.25 bits per heavy atom. The molecule has 2 heterocycles. The Morgan fingerprint density at radius 3 is 2.85 bits per heavy atom. The first kappa shape index (κ1) is 12.6. The van der Waals surface area contributed by atoms with Gasteiger partial charge in [-0.05, 0) is 17.7 Å². The lowest BCUT2D eigenvalue weighted by Gasteiger charge is -2.15. The van der Waals surface area contributed by atoms with Gasteiger partial charge >= 0.3 is 0 Å². The summed E-state index contributed by atoms with van der Waals surface area (Å²) in [6, 6.07) is 9.55. The zero-order chi connectivity index (χ0) is 14.1. The Labute approximate surface area is 116 Å². The molecule has 1 unspecified atom stereocenters. The maximum atomic E-state index is 10.7. The van der Waals surface area contributed by atoms with Gasteiger partial charge in [0.15, 0.2) is 5.75 Å². The van der Waals surface area contributed by atoms with Crippen molar-refractivity contribution in [2.45, 2.75) is 6.10 Å². The van der Waals surface area contributed by atoms with Crippen molar-refractivity contribution >= 4 is 10.9 Å². The third-order valence-corrected chi connectivity index (χ3v) is 3.41. The summed E-state index contributed by atoms with van der Waals surface area (Å²) in [7, 11) is 3.35. The number of hydrogen-bond acceptors (Lipinski definition) is 4. The van der Waals surface area contributed by atoms with Gasteiger partial charge in [-0.1, -0.05) is 18.2 Å². The number of nitrogens with zero attached hydrogens (tertiary/aromatic N) is 3. The van der Waals surface area contributed by atoms with Gasteiger partial charge in [0.1, 0.15) is 11.8 Å². The minimum absolute atomic E-state index is 0.570. The van der Waals surface area contributed by atoms with Crippen LogP contribution < -0.4 is 4.74 Å². The van der Waals surface area contributed by atoms with Crippen LogP contribution in [0.4, 0.5) is 0 Å². The third kappa shape index (κ3) is 1.92. The number of methoxy groups -OCH3 is 1. The van der Waals surface area contributed by atoms with Gasteiger partial charge in [-0.3, -0.25) is 9.67 Å². The molecule has 5 heteroatoms. The van der Waals surface area contributed by atoms with E-state index in [0.29, 0.717) is 11.4 Å². The van der Waals surface area contributed by atoms with Crippen molar-refractivity contribution in [3.8, 4) is 5.75 Å². The lowest BCUT2D eigenvalue weighted by molar-refractivity contribution is 0.205. The molecule has 3 rings (SSSR count). The summed E-state index contributed by atoms with van der Waals surface area (Å²) in [5.74, 6) is 0.570. The number of rotatable bonds is 3. The zero-order valence-corrected chi connectivity index (χ0v) is 11.3. The molecule has 1 aromatic carbocycles. The van der Waals surface area contributed by atoms with Crippen LogP contribution in [0.3, 0.4) is 0 Å². The van der Waals surface area contributed by atoms with Crippen molar-refractivity contribution in [3.63, 3.8) is 0 Å². The Kier molecular flexibility index (Phi) is 3.12. The second-order valence-electron chi connectivity index (χ2n) is 4.54. The van der Waals surface area contributed by atoms with Crippen LogP contribution in [0.25, 0.3) is 10.9 Å². The molecule has 0 spiro atoms. The number of ether oxygens (including phenoxy) is 1. The minimum Gasteiger partial charge on any atom is -0.493 e. The molecule has 0 aliphatic carbocycles. The van der Waals surface area contributed by atoms with Crippen molar-refractivity contribution in [1.82, 2.24) is 14.8 Å². The molecule has 0 aliphatic rings. The molecule has 1 atom stereocenters. The van der Waals surface area contributed by atoms with Crippen molar-refractivity contribution < 1.29 is 9.84 Å². The molecule has 1 N–H and O–H groups in total. The third-order valence-electron chi connectivity index (χ3n) is 3.41. The molecule has 0 aliphatic heterocycles. The standard InChI is InChI=1S/C15H15N3O2/c1-18-14(13(20-2)9-17-18)15(19)11-7-8-16-12-6-4-3-5-10(11)12/h3-9,15,19H,1-2H3. The zero-order valence-electron chi connectivity index (χ0n) is 11.3. The quantitative estimate of drug-likeness (QED) is 0.790. The van der Waals surface area contributed by atoms with Gasteiger partial charge in [-0.15, -0.1) is 0 Å². The number of aryl methyl sites for hydroxylation is 1. The molecular formula is C15H15N3O2. The highest BCUT2D eigenvalue weighted by atomic mass is 16.5. The normalized spacial score (nSPS) is 12.6. The summed E-state index contributed by atoms with van der Waals surface area (Å²) in [5.41, 5.74) is 2.27. The Morgan fingerprint density at radius 2 is 2.05 bits per heavy atom. The summed E-state index contributed by atoms with van der Waals surface area (Å²) in [5, 5.41) is 15.8. The number of para-hydroxylation sites is 1. The topological polar surface area (TPSA) is 60.2 Å². The van der Waals surface area contributed by atoms with E-state index >= 15 is 0 Å². The van der Waals surface area contributed by atoms with Crippen LogP contribution in [0.5, 0.6) is 5.75 Å². The molecule has 3 aromatic rings. The number of fused-ring (bicyclic) bond motifs is 1. The fourth-order valence-electron chi connectivity index (χ4n) is 2.40. The first-order chi connectivity index (χ1) is 9.72. The van der Waals surface area contributed by atoms with E-state index in [2.05, 4.69) is 10.1 Å². The average Bonchev–Trinajstić information content (AvgIpc) is 2.87. The molecule has 0 amide bonds. The van der Waals surface area contributed by atoms with Crippen LogP contribution >= 0.6 is 0 Å². The van der Waals surface area contributed by atoms with Crippen LogP contribution in [0.2, 0.25) is 0 Å². The van der Waals surface area contributed by atoms with Gasteiger partial charge in [0.05, 0.1) is 18.8 Å². The highest BCUT2D eigenvalue weighted by molar-refractivity contribution is 5.82. The fourth-order valence-corrected chi connectivity index (χ4v) is 2.40. The largest absolute Gasteiger partial charge is 0.493 e. The molecule has 0 saturated carbocycles. The van der Waals surface area contributed by atoms with E-state index in [9.17, 15) is 5.11 Å². The van der Waals surface area contributed by atoms with Crippen LogP contribution in [-0.2, 0) is 7.05 Å². The summed E-state index contributed by atoms with van der Waals surface area (Å²) in [6.45, 7) is 0. The van der Waals surface area contributed by atoms with E-state index in [1.807, 2.05) is 30.3 Å². The first-order valence-corrected chi connectivity index (χ1v) is 6.30. The molecule has 0 bridgehead atoms. The van der Waals surface area contributed by atoms with Crippen LogP contribution in [-0.4, -0.2) is 27.0 Å². The van der Waals surface area contributed by atoms with Gasteiger partial charge in [-0.25, -0.2) is 0 Å². The number of hydrogen-bond donors (Lipinski definition) is 1. The number of aliphatic hydroxyl groups excluding tert-OH is 1. The highest BCUT2D eigenvalue weighted by Crippen LogP contribution is 2.32. The minimum atomic E-state index is -0.814. The van der Waals surface area contributed by atoms with E-state index in [1.54, 1.807) is 31.2 Å². The SMILES string of the molecule is COc1cnn(C)c1C(O)c1ccnc2ccccc12. The van der Waals surface area contributed by atoms with Gasteiger partial charge in [-0.2, -0.15) is 5.10 Å². The highest BCUT2D eigenvalue weighted by Gasteiger charge is 2.21. The van der Waals surface area contributed by atoms with Crippen molar-refractivity contribution in [2.24, 2.45) is 7.05 Å². The molecular weight excluding hydrogens is 254 g/mol. The maximum Gasteiger partial charge on any atom is 0.162 e. The molecule has 5 nitrogen and oxygen atoms in total. The Hall–Kier alpha value is -2.40. The average molecular weight is 269 g/mol. The van der Waals surface area contributed by atoms with Crippen LogP contribution in [0.1, 0.15) is 17.4 Å².